The second kappa shape index (κ2) is 6.88. The topological polar surface area (TPSA) is 88.8 Å². The van der Waals surface area contributed by atoms with Crippen molar-refractivity contribution in [3.63, 3.8) is 0 Å². The Morgan fingerprint density at radius 3 is 2.64 bits per heavy atom. The number of urea groups is 1. The molecule has 126 valence electrons. The van der Waals surface area contributed by atoms with Crippen LogP contribution in [0.2, 0.25) is 0 Å². The predicted octanol–water partition coefficient (Wildman–Crippen LogP) is 2.51. The maximum absolute atomic E-state index is 12.7. The van der Waals surface area contributed by atoms with Crippen LogP contribution in [0, 0.1) is 0 Å². The number of carbonyl (C=O) groups is 3. The first-order valence-corrected chi connectivity index (χ1v) is 7.36. The van der Waals surface area contributed by atoms with Crippen molar-refractivity contribution in [1.82, 2.24) is 5.32 Å². The van der Waals surface area contributed by atoms with Gasteiger partial charge < -0.3 is 9.15 Å². The highest BCUT2D eigenvalue weighted by molar-refractivity contribution is 6.38. The van der Waals surface area contributed by atoms with Crippen LogP contribution in [0.4, 0.5) is 10.5 Å². The molecule has 1 aromatic carbocycles. The van der Waals surface area contributed by atoms with Crippen LogP contribution in [0.1, 0.15) is 5.76 Å². The number of nitrogens with one attached hydrogen (secondary N) is 1. The molecule has 0 unspecified atom stereocenters. The van der Waals surface area contributed by atoms with Crippen molar-refractivity contribution >= 4 is 29.6 Å². The average Bonchev–Trinajstić information content (AvgIpc) is 3.11. The SMILES string of the molecule is COc1ccccc1N1C(=O)NC(=O)/C(=C\C=C\c2ccco2)C1=O. The normalized spacial score (nSPS) is 16.6. The van der Waals surface area contributed by atoms with Gasteiger partial charge in [-0.3, -0.25) is 14.9 Å². The van der Waals surface area contributed by atoms with Gasteiger partial charge in [-0.25, -0.2) is 9.69 Å². The molecule has 1 aliphatic rings. The number of allylic oxidation sites excluding steroid dienone is 2. The molecule has 2 aromatic rings. The Labute approximate surface area is 143 Å². The van der Waals surface area contributed by atoms with Crippen LogP contribution in [-0.4, -0.2) is 25.0 Å². The van der Waals surface area contributed by atoms with E-state index in [1.165, 1.54) is 25.5 Å². The van der Waals surface area contributed by atoms with E-state index in [9.17, 15) is 14.4 Å². The lowest BCUT2D eigenvalue weighted by molar-refractivity contribution is -0.122. The highest BCUT2D eigenvalue weighted by Gasteiger charge is 2.37. The van der Waals surface area contributed by atoms with Crippen molar-refractivity contribution in [3.05, 3.63) is 66.1 Å². The van der Waals surface area contributed by atoms with Crippen LogP contribution in [0.25, 0.3) is 6.08 Å². The van der Waals surface area contributed by atoms with E-state index in [0.29, 0.717) is 11.5 Å². The summed E-state index contributed by atoms with van der Waals surface area (Å²) in [5, 5.41) is 2.15. The Kier molecular flexibility index (Phi) is 4.47. The number of para-hydroxylation sites is 2. The number of furan rings is 1. The minimum absolute atomic E-state index is 0.173. The number of barbiturate groups is 1. The third-order valence-corrected chi connectivity index (χ3v) is 3.49. The zero-order valence-electron chi connectivity index (χ0n) is 13.3. The fourth-order valence-corrected chi connectivity index (χ4v) is 2.34. The number of carbonyl (C=O) groups excluding carboxylic acids is 3. The Balaban J connectivity index is 1.94. The molecule has 1 N–H and O–H groups in total. The number of nitrogens with zero attached hydrogens (tertiary/aromatic N) is 1. The summed E-state index contributed by atoms with van der Waals surface area (Å²) < 4.78 is 10.3. The van der Waals surface area contributed by atoms with Crippen molar-refractivity contribution in [3.8, 4) is 5.75 Å². The van der Waals surface area contributed by atoms with E-state index in [1.807, 2.05) is 0 Å². The lowest BCUT2D eigenvalue weighted by atomic mass is 10.1. The van der Waals surface area contributed by atoms with E-state index in [-0.39, 0.29) is 11.3 Å². The summed E-state index contributed by atoms with van der Waals surface area (Å²) >= 11 is 0. The van der Waals surface area contributed by atoms with Crippen molar-refractivity contribution in [1.29, 1.82) is 0 Å². The predicted molar refractivity (Wildman–Crippen MR) is 89.8 cm³/mol. The zero-order chi connectivity index (χ0) is 17.8. The van der Waals surface area contributed by atoms with Crippen molar-refractivity contribution in [2.75, 3.05) is 12.0 Å². The molecular weight excluding hydrogens is 324 g/mol. The van der Waals surface area contributed by atoms with Gasteiger partial charge in [0, 0.05) is 0 Å². The minimum atomic E-state index is -0.827. The first-order chi connectivity index (χ1) is 12.1. The molecule has 0 saturated carbocycles. The molecule has 25 heavy (non-hydrogen) atoms. The molecule has 4 amide bonds. The maximum atomic E-state index is 12.7. The van der Waals surface area contributed by atoms with Gasteiger partial charge in [0.15, 0.2) is 0 Å². The third kappa shape index (κ3) is 3.20. The number of ether oxygens (including phenoxy) is 1. The summed E-state index contributed by atoms with van der Waals surface area (Å²) in [5.74, 6) is -0.586. The summed E-state index contributed by atoms with van der Waals surface area (Å²) in [6, 6.07) is 9.16. The van der Waals surface area contributed by atoms with Crippen LogP contribution in [0.3, 0.4) is 0 Å². The molecular formula is C18H14N2O5. The van der Waals surface area contributed by atoms with Gasteiger partial charge in [0.05, 0.1) is 19.1 Å². The lowest BCUT2D eigenvalue weighted by Crippen LogP contribution is -2.54. The Morgan fingerprint density at radius 2 is 1.92 bits per heavy atom. The van der Waals surface area contributed by atoms with Crippen LogP contribution in [0.5, 0.6) is 5.75 Å². The van der Waals surface area contributed by atoms with Crippen molar-refractivity contribution in [2.24, 2.45) is 0 Å². The van der Waals surface area contributed by atoms with Crippen LogP contribution >= 0.6 is 0 Å². The van der Waals surface area contributed by atoms with E-state index in [2.05, 4.69) is 5.32 Å². The minimum Gasteiger partial charge on any atom is -0.495 e. The monoisotopic (exact) mass is 338 g/mol. The van der Waals surface area contributed by atoms with E-state index < -0.39 is 17.8 Å². The van der Waals surface area contributed by atoms with Crippen LogP contribution in [0.15, 0.2) is 64.8 Å². The molecule has 0 radical (unpaired) electrons. The van der Waals surface area contributed by atoms with Gasteiger partial charge in [-0.05, 0) is 36.4 Å². The molecule has 1 aromatic heterocycles. The highest BCUT2D eigenvalue weighted by atomic mass is 16.5. The van der Waals surface area contributed by atoms with Gasteiger partial charge in [-0.2, -0.15) is 0 Å². The highest BCUT2D eigenvalue weighted by Crippen LogP contribution is 2.30. The molecule has 0 bridgehead atoms. The Morgan fingerprint density at radius 1 is 1.12 bits per heavy atom. The number of benzene rings is 1. The van der Waals surface area contributed by atoms with E-state index in [1.54, 1.807) is 42.5 Å². The van der Waals surface area contributed by atoms with Gasteiger partial charge in [-0.15, -0.1) is 0 Å². The largest absolute Gasteiger partial charge is 0.495 e. The smallest absolute Gasteiger partial charge is 0.336 e. The molecule has 2 heterocycles. The Bertz CT molecular complexity index is 881. The van der Waals surface area contributed by atoms with E-state index in [0.717, 1.165) is 4.90 Å². The summed E-state index contributed by atoms with van der Waals surface area (Å²) in [6.07, 6.45) is 5.93. The molecule has 3 rings (SSSR count). The fourth-order valence-electron chi connectivity index (χ4n) is 2.34. The first kappa shape index (κ1) is 16.3. The van der Waals surface area contributed by atoms with E-state index >= 15 is 0 Å². The van der Waals surface area contributed by atoms with Gasteiger partial charge in [0.25, 0.3) is 11.8 Å². The van der Waals surface area contributed by atoms with Crippen molar-refractivity contribution in [2.45, 2.75) is 0 Å². The zero-order valence-corrected chi connectivity index (χ0v) is 13.3. The third-order valence-electron chi connectivity index (χ3n) is 3.49. The van der Waals surface area contributed by atoms with Gasteiger partial charge >= 0.3 is 6.03 Å². The quantitative estimate of drug-likeness (QED) is 0.683. The lowest BCUT2D eigenvalue weighted by Gasteiger charge is -2.27. The molecule has 7 nitrogen and oxygen atoms in total. The summed E-state index contributed by atoms with van der Waals surface area (Å²) in [6.45, 7) is 0. The number of amides is 4. The number of methoxy groups -OCH3 is 1. The molecule has 0 atom stereocenters. The second-order valence-electron chi connectivity index (χ2n) is 5.03. The van der Waals surface area contributed by atoms with Gasteiger partial charge in [0.1, 0.15) is 17.1 Å². The molecule has 1 fully saturated rings. The van der Waals surface area contributed by atoms with Crippen LogP contribution in [-0.2, 0) is 9.59 Å². The molecule has 0 aliphatic carbocycles. The van der Waals surface area contributed by atoms with E-state index in [4.69, 9.17) is 9.15 Å². The van der Waals surface area contributed by atoms with Crippen LogP contribution < -0.4 is 15.0 Å². The molecule has 0 spiro atoms. The first-order valence-electron chi connectivity index (χ1n) is 7.36. The molecule has 7 heteroatoms. The molecule has 1 saturated heterocycles. The standard InChI is InChI=1S/C18H14N2O5/c1-24-15-10-3-2-9-14(15)20-17(22)13(16(21)19-18(20)23)8-4-6-12-7-5-11-25-12/h2-11H,1H3,(H,19,21,23)/b6-4+,13-8+. The number of rotatable bonds is 4. The maximum Gasteiger partial charge on any atom is 0.336 e. The molecule has 1 aliphatic heterocycles. The summed E-state index contributed by atoms with van der Waals surface area (Å²) in [7, 11) is 1.43. The average molecular weight is 338 g/mol. The summed E-state index contributed by atoms with van der Waals surface area (Å²) in [5.41, 5.74) is 0.0780. The fraction of sp³-hybridized carbons (Fsp3) is 0.0556. The number of imide groups is 2. The van der Waals surface area contributed by atoms with Gasteiger partial charge in [-0.1, -0.05) is 18.2 Å². The number of anilines is 1. The summed E-state index contributed by atoms with van der Waals surface area (Å²) in [4.78, 5) is 37.7. The number of hydrogen-bond acceptors (Lipinski definition) is 5. The Hall–Kier alpha value is -3.61. The second-order valence-corrected chi connectivity index (χ2v) is 5.03. The van der Waals surface area contributed by atoms with Gasteiger partial charge in [0.2, 0.25) is 0 Å². The van der Waals surface area contributed by atoms with Crippen molar-refractivity contribution < 1.29 is 23.5 Å². The number of hydrogen-bond donors (Lipinski definition) is 1.